The summed E-state index contributed by atoms with van der Waals surface area (Å²) in [4.78, 5) is 22.2. The van der Waals surface area contributed by atoms with Gasteiger partial charge in [-0.15, -0.1) is 0 Å². The first kappa shape index (κ1) is 16.0. The summed E-state index contributed by atoms with van der Waals surface area (Å²) in [6, 6.07) is -0.873. The minimum atomic E-state index is -1.03. The molecule has 0 aliphatic carbocycles. The molecule has 1 aliphatic rings. The molecular formula is C11H19NO3S3. The predicted molar refractivity (Wildman–Crippen MR) is 80.3 cm³/mol. The summed E-state index contributed by atoms with van der Waals surface area (Å²) in [6.45, 7) is 0. The Labute approximate surface area is 121 Å². The quantitative estimate of drug-likeness (QED) is 0.364. The maximum Gasteiger partial charge on any atom is 0.327 e. The highest BCUT2D eigenvalue weighted by Gasteiger charge is 2.18. The van der Waals surface area contributed by atoms with Crippen molar-refractivity contribution in [1.29, 1.82) is 0 Å². The van der Waals surface area contributed by atoms with E-state index in [9.17, 15) is 9.59 Å². The maximum atomic E-state index is 11.5. The largest absolute Gasteiger partial charge is 0.480 e. The van der Waals surface area contributed by atoms with E-state index in [1.807, 2.05) is 21.6 Å². The molecule has 1 rings (SSSR count). The van der Waals surface area contributed by atoms with Gasteiger partial charge in [0.1, 0.15) is 6.04 Å². The van der Waals surface area contributed by atoms with Crippen molar-refractivity contribution in [2.24, 2.45) is 0 Å². The van der Waals surface area contributed by atoms with Crippen LogP contribution in [0.25, 0.3) is 0 Å². The van der Waals surface area contributed by atoms with Gasteiger partial charge < -0.3 is 10.4 Å². The van der Waals surface area contributed by atoms with Gasteiger partial charge in [0.05, 0.1) is 0 Å². The highest BCUT2D eigenvalue weighted by atomic mass is 33.1. The second-order valence-corrected chi connectivity index (χ2v) is 7.37. The van der Waals surface area contributed by atoms with Crippen molar-refractivity contribution in [3.63, 3.8) is 0 Å². The van der Waals surface area contributed by atoms with E-state index in [4.69, 9.17) is 5.11 Å². The van der Waals surface area contributed by atoms with Crippen LogP contribution in [0, 0.1) is 0 Å². The minimum Gasteiger partial charge on any atom is -0.480 e. The summed E-state index contributed by atoms with van der Waals surface area (Å²) in [6.07, 6.45) is 4.68. The van der Waals surface area contributed by atoms with Crippen LogP contribution in [0.1, 0.15) is 32.1 Å². The van der Waals surface area contributed by atoms with E-state index in [-0.39, 0.29) is 11.7 Å². The number of hydrogen-bond donors (Lipinski definition) is 3. The lowest BCUT2D eigenvalue weighted by Gasteiger charge is -2.12. The zero-order valence-electron chi connectivity index (χ0n) is 10.1. The number of unbranched alkanes of at least 4 members (excludes halogenated alkanes) is 1. The maximum absolute atomic E-state index is 11.5. The predicted octanol–water partition coefficient (Wildman–Crippen LogP) is 2.20. The Morgan fingerprint density at radius 3 is 2.78 bits per heavy atom. The Morgan fingerprint density at radius 2 is 2.22 bits per heavy atom. The van der Waals surface area contributed by atoms with E-state index in [0.29, 0.717) is 6.42 Å². The first-order chi connectivity index (χ1) is 8.63. The van der Waals surface area contributed by atoms with Gasteiger partial charge in [0, 0.05) is 23.2 Å². The molecule has 104 valence electrons. The standard InChI is InChI=1S/C11H19NO3S3/c13-10(12-9(7-16)11(14)15)4-2-1-3-8-5-6-17-18-8/h8-9,16H,1-7H2,(H,12,13)(H,14,15). The van der Waals surface area contributed by atoms with Crippen molar-refractivity contribution in [2.45, 2.75) is 43.4 Å². The number of carbonyl (C=O) groups excluding carboxylic acids is 1. The molecule has 0 aromatic rings. The third kappa shape index (κ3) is 6.24. The molecule has 0 radical (unpaired) electrons. The van der Waals surface area contributed by atoms with Gasteiger partial charge in [-0.2, -0.15) is 12.6 Å². The highest BCUT2D eigenvalue weighted by molar-refractivity contribution is 8.77. The number of thiol groups is 1. The molecule has 0 aromatic carbocycles. The van der Waals surface area contributed by atoms with Crippen LogP contribution < -0.4 is 5.32 Å². The van der Waals surface area contributed by atoms with Crippen LogP contribution in [-0.2, 0) is 9.59 Å². The molecule has 18 heavy (non-hydrogen) atoms. The van der Waals surface area contributed by atoms with E-state index in [0.717, 1.165) is 24.5 Å². The number of carboxylic acids is 1. The first-order valence-electron chi connectivity index (χ1n) is 6.04. The lowest BCUT2D eigenvalue weighted by atomic mass is 10.1. The van der Waals surface area contributed by atoms with Crippen LogP contribution in [0.2, 0.25) is 0 Å². The van der Waals surface area contributed by atoms with Crippen LogP contribution in [0.4, 0.5) is 0 Å². The Bertz CT molecular complexity index is 283. The minimum absolute atomic E-state index is 0.122. The molecule has 4 nitrogen and oxygen atoms in total. The van der Waals surface area contributed by atoms with Gasteiger partial charge in [-0.05, 0) is 19.3 Å². The topological polar surface area (TPSA) is 66.4 Å². The van der Waals surface area contributed by atoms with Crippen molar-refractivity contribution in [1.82, 2.24) is 5.32 Å². The molecule has 0 saturated carbocycles. The number of amides is 1. The second-order valence-electron chi connectivity index (χ2n) is 4.22. The highest BCUT2D eigenvalue weighted by Crippen LogP contribution is 2.39. The van der Waals surface area contributed by atoms with Crippen LogP contribution in [0.15, 0.2) is 0 Å². The Morgan fingerprint density at radius 1 is 1.44 bits per heavy atom. The van der Waals surface area contributed by atoms with E-state index in [1.54, 1.807) is 0 Å². The molecule has 0 bridgehead atoms. The van der Waals surface area contributed by atoms with Gasteiger partial charge in [-0.25, -0.2) is 4.79 Å². The van der Waals surface area contributed by atoms with Gasteiger partial charge in [-0.3, -0.25) is 4.79 Å². The van der Waals surface area contributed by atoms with Crippen LogP contribution in [0.5, 0.6) is 0 Å². The van der Waals surface area contributed by atoms with Crippen LogP contribution in [0.3, 0.4) is 0 Å². The lowest BCUT2D eigenvalue weighted by molar-refractivity contribution is -0.141. The van der Waals surface area contributed by atoms with Gasteiger partial charge in [0.2, 0.25) is 5.91 Å². The summed E-state index contributed by atoms with van der Waals surface area (Å²) in [5.41, 5.74) is 0. The number of carboxylic acid groups (broad SMARTS) is 1. The molecular weight excluding hydrogens is 290 g/mol. The summed E-state index contributed by atoms with van der Waals surface area (Å²) >= 11 is 3.90. The molecule has 0 spiro atoms. The van der Waals surface area contributed by atoms with E-state index in [2.05, 4.69) is 17.9 Å². The van der Waals surface area contributed by atoms with Gasteiger partial charge in [-0.1, -0.05) is 28.0 Å². The fraction of sp³-hybridized carbons (Fsp3) is 0.818. The third-order valence-corrected chi connectivity index (χ3v) is 6.10. The number of carbonyl (C=O) groups is 2. The van der Waals surface area contributed by atoms with Crippen molar-refractivity contribution >= 4 is 46.1 Å². The van der Waals surface area contributed by atoms with Crippen molar-refractivity contribution in [3.8, 4) is 0 Å². The van der Waals surface area contributed by atoms with Crippen molar-refractivity contribution in [2.75, 3.05) is 11.5 Å². The smallest absolute Gasteiger partial charge is 0.327 e. The fourth-order valence-corrected chi connectivity index (χ4v) is 4.95. The molecule has 1 aliphatic heterocycles. The summed E-state index contributed by atoms with van der Waals surface area (Å²) < 4.78 is 0. The zero-order chi connectivity index (χ0) is 13.4. The fourth-order valence-electron chi connectivity index (χ4n) is 1.67. The third-order valence-electron chi connectivity index (χ3n) is 2.72. The van der Waals surface area contributed by atoms with Crippen molar-refractivity contribution in [3.05, 3.63) is 0 Å². The van der Waals surface area contributed by atoms with Gasteiger partial charge in [0.15, 0.2) is 0 Å². The van der Waals surface area contributed by atoms with E-state index >= 15 is 0 Å². The average Bonchev–Trinajstić information content (AvgIpc) is 2.84. The Balaban J connectivity index is 2.07. The number of aliphatic carboxylic acids is 1. The van der Waals surface area contributed by atoms with Crippen LogP contribution >= 0.6 is 34.2 Å². The number of nitrogens with one attached hydrogen (secondary N) is 1. The van der Waals surface area contributed by atoms with Gasteiger partial charge >= 0.3 is 5.97 Å². The molecule has 1 heterocycles. The molecule has 0 aromatic heterocycles. The Kier molecular flexibility index (Phi) is 8.01. The number of rotatable bonds is 8. The molecule has 1 amide bonds. The summed E-state index contributed by atoms with van der Waals surface area (Å²) in [5, 5.41) is 12.0. The van der Waals surface area contributed by atoms with Crippen molar-refractivity contribution < 1.29 is 14.7 Å². The van der Waals surface area contributed by atoms with E-state index in [1.165, 1.54) is 12.2 Å². The SMILES string of the molecule is O=C(CCCCC1CCSS1)NC(CS)C(=O)O. The molecule has 2 unspecified atom stereocenters. The first-order valence-corrected chi connectivity index (χ1v) is 9.06. The second kappa shape index (κ2) is 8.98. The van der Waals surface area contributed by atoms with E-state index < -0.39 is 12.0 Å². The van der Waals surface area contributed by atoms with Crippen LogP contribution in [-0.4, -0.2) is 39.8 Å². The molecule has 1 fully saturated rings. The Hall–Kier alpha value is -0.0100. The van der Waals surface area contributed by atoms with Gasteiger partial charge in [0.25, 0.3) is 0 Å². The zero-order valence-corrected chi connectivity index (χ0v) is 12.7. The molecule has 2 N–H and O–H groups in total. The number of hydrogen-bond acceptors (Lipinski definition) is 5. The summed E-state index contributed by atoms with van der Waals surface area (Å²) in [5.74, 6) is 0.136. The average molecular weight is 309 g/mol. The molecule has 2 atom stereocenters. The summed E-state index contributed by atoms with van der Waals surface area (Å²) in [7, 11) is 3.87. The lowest BCUT2D eigenvalue weighted by Crippen LogP contribution is -2.42. The normalized spacial score (nSPS) is 20.6. The molecule has 7 heteroatoms. The molecule has 1 saturated heterocycles. The monoisotopic (exact) mass is 309 g/mol.